The molecule has 0 atom stereocenters. The summed E-state index contributed by atoms with van der Waals surface area (Å²) in [5.74, 6) is 1.20. The number of anilines is 1. The summed E-state index contributed by atoms with van der Waals surface area (Å²) in [5.41, 5.74) is 3.19. The van der Waals surface area contributed by atoms with E-state index in [0.717, 1.165) is 16.8 Å². The monoisotopic (exact) mass is 448 g/mol. The molecular formula is C22H25ClN2O4S. The van der Waals surface area contributed by atoms with Crippen LogP contribution in [-0.4, -0.2) is 36.7 Å². The second kappa shape index (κ2) is 9.84. The molecule has 0 saturated heterocycles. The van der Waals surface area contributed by atoms with E-state index in [1.807, 2.05) is 44.4 Å². The molecule has 0 amide bonds. The van der Waals surface area contributed by atoms with E-state index in [0.29, 0.717) is 17.2 Å². The molecule has 0 aromatic heterocycles. The molecular weight excluding hydrogens is 424 g/mol. The number of halogens is 1. The third-order valence-electron chi connectivity index (χ3n) is 4.58. The number of benzene rings is 3. The molecule has 0 bridgehead atoms. The van der Waals surface area contributed by atoms with Gasteiger partial charge < -0.3 is 26.8 Å². The SMILES string of the molecule is COc1ccc(-c2cccc(S(=O)(=O)Nc3ccc([NH+](C)C)cc3)c2)cc1OC.[Cl-]. The van der Waals surface area contributed by atoms with Crippen molar-refractivity contribution in [2.45, 2.75) is 4.90 Å². The lowest BCUT2D eigenvalue weighted by Crippen LogP contribution is -3.00. The zero-order valence-electron chi connectivity index (χ0n) is 17.3. The Labute approximate surface area is 183 Å². The van der Waals surface area contributed by atoms with Gasteiger partial charge in [-0.15, -0.1) is 0 Å². The second-order valence-electron chi connectivity index (χ2n) is 6.78. The summed E-state index contributed by atoms with van der Waals surface area (Å²) < 4.78 is 39.0. The molecule has 0 spiro atoms. The highest BCUT2D eigenvalue weighted by molar-refractivity contribution is 7.92. The molecule has 3 rings (SSSR count). The Balaban J connectivity index is 0.00000320. The first-order chi connectivity index (χ1) is 13.8. The van der Waals surface area contributed by atoms with Gasteiger partial charge in [0.15, 0.2) is 11.5 Å². The highest BCUT2D eigenvalue weighted by atomic mass is 35.5. The van der Waals surface area contributed by atoms with Crippen LogP contribution in [0, 0.1) is 0 Å². The first-order valence-corrected chi connectivity index (χ1v) is 10.6. The van der Waals surface area contributed by atoms with E-state index in [9.17, 15) is 8.42 Å². The molecule has 0 unspecified atom stereocenters. The molecule has 0 saturated carbocycles. The molecule has 8 heteroatoms. The van der Waals surface area contributed by atoms with Crippen LogP contribution in [0.2, 0.25) is 0 Å². The first kappa shape index (κ1) is 23.5. The molecule has 3 aromatic carbocycles. The van der Waals surface area contributed by atoms with Gasteiger partial charge in [-0.2, -0.15) is 0 Å². The summed E-state index contributed by atoms with van der Waals surface area (Å²) in [4.78, 5) is 1.36. The minimum Gasteiger partial charge on any atom is -1.00 e. The fraction of sp³-hybridized carbons (Fsp3) is 0.182. The maximum absolute atomic E-state index is 12.9. The Hall–Kier alpha value is -2.74. The van der Waals surface area contributed by atoms with Gasteiger partial charge in [0.25, 0.3) is 10.0 Å². The number of ether oxygens (including phenoxy) is 2. The van der Waals surface area contributed by atoms with Crippen molar-refractivity contribution in [3.63, 3.8) is 0 Å². The zero-order chi connectivity index (χ0) is 21.0. The third kappa shape index (κ3) is 5.24. The standard InChI is InChI=1S/C22H24N2O4S.ClH/c1-24(2)19-11-9-18(10-12-19)23-29(25,26)20-7-5-6-16(14-20)17-8-13-21(27-3)22(15-17)28-4;/h5-15,23H,1-4H3;1H. The highest BCUT2D eigenvalue weighted by Gasteiger charge is 2.16. The Morgan fingerprint density at radius 1 is 0.800 bits per heavy atom. The van der Waals surface area contributed by atoms with Gasteiger partial charge >= 0.3 is 0 Å². The molecule has 3 aromatic rings. The zero-order valence-corrected chi connectivity index (χ0v) is 18.8. The molecule has 6 nitrogen and oxygen atoms in total. The van der Waals surface area contributed by atoms with Gasteiger partial charge in [0, 0.05) is 17.8 Å². The van der Waals surface area contributed by atoms with Gasteiger partial charge in [-0.3, -0.25) is 4.72 Å². The van der Waals surface area contributed by atoms with Crippen molar-refractivity contribution in [3.05, 3.63) is 66.7 Å². The largest absolute Gasteiger partial charge is 1.00 e. The Bertz CT molecular complexity index is 1100. The summed E-state index contributed by atoms with van der Waals surface area (Å²) >= 11 is 0. The Morgan fingerprint density at radius 3 is 2.03 bits per heavy atom. The number of quaternary nitrogens is 1. The lowest BCUT2D eigenvalue weighted by Gasteiger charge is -2.12. The van der Waals surface area contributed by atoms with Crippen LogP contribution in [0.4, 0.5) is 11.4 Å². The predicted octanol–water partition coefficient (Wildman–Crippen LogP) is -0.0484. The van der Waals surface area contributed by atoms with Gasteiger partial charge in [0.05, 0.1) is 33.2 Å². The number of hydrogen-bond acceptors (Lipinski definition) is 4. The van der Waals surface area contributed by atoms with E-state index >= 15 is 0 Å². The van der Waals surface area contributed by atoms with Crippen molar-refractivity contribution in [2.75, 3.05) is 33.0 Å². The number of hydrogen-bond donors (Lipinski definition) is 2. The van der Waals surface area contributed by atoms with Gasteiger partial charge in [0.2, 0.25) is 0 Å². The van der Waals surface area contributed by atoms with Crippen LogP contribution in [-0.2, 0) is 10.0 Å². The van der Waals surface area contributed by atoms with Crippen LogP contribution in [0.15, 0.2) is 71.6 Å². The van der Waals surface area contributed by atoms with Crippen LogP contribution in [0.3, 0.4) is 0 Å². The number of nitrogens with one attached hydrogen (secondary N) is 2. The minimum absolute atomic E-state index is 0. The summed E-state index contributed by atoms with van der Waals surface area (Å²) in [6, 6.07) is 19.6. The summed E-state index contributed by atoms with van der Waals surface area (Å²) in [5, 5.41) is 0. The maximum atomic E-state index is 12.9. The summed E-state index contributed by atoms with van der Waals surface area (Å²) in [6.45, 7) is 0. The Kier molecular flexibility index (Phi) is 7.72. The highest BCUT2D eigenvalue weighted by Crippen LogP contribution is 2.33. The molecule has 160 valence electrons. The van der Waals surface area contributed by atoms with Crippen molar-refractivity contribution in [1.82, 2.24) is 0 Å². The molecule has 0 heterocycles. The van der Waals surface area contributed by atoms with Gasteiger partial charge in [-0.25, -0.2) is 8.42 Å². The molecule has 0 radical (unpaired) electrons. The predicted molar refractivity (Wildman–Crippen MR) is 115 cm³/mol. The van der Waals surface area contributed by atoms with E-state index in [1.165, 1.54) is 4.90 Å². The van der Waals surface area contributed by atoms with Crippen molar-refractivity contribution in [1.29, 1.82) is 0 Å². The molecule has 0 fully saturated rings. The van der Waals surface area contributed by atoms with E-state index in [2.05, 4.69) is 4.72 Å². The van der Waals surface area contributed by atoms with Crippen LogP contribution < -0.4 is 31.5 Å². The summed E-state index contributed by atoms with van der Waals surface area (Å²) in [6.07, 6.45) is 0. The van der Waals surface area contributed by atoms with Crippen LogP contribution >= 0.6 is 0 Å². The summed E-state index contributed by atoms with van der Waals surface area (Å²) in [7, 11) is 3.44. The quantitative estimate of drug-likeness (QED) is 0.532. The third-order valence-corrected chi connectivity index (χ3v) is 5.95. The maximum Gasteiger partial charge on any atom is 0.261 e. The van der Waals surface area contributed by atoms with Crippen molar-refractivity contribution >= 4 is 21.4 Å². The average Bonchev–Trinajstić information content (AvgIpc) is 2.73. The van der Waals surface area contributed by atoms with Gasteiger partial charge in [-0.05, 0) is 47.5 Å². The number of sulfonamides is 1. The van der Waals surface area contributed by atoms with E-state index in [-0.39, 0.29) is 17.3 Å². The fourth-order valence-corrected chi connectivity index (χ4v) is 4.05. The van der Waals surface area contributed by atoms with E-state index in [1.54, 1.807) is 50.6 Å². The van der Waals surface area contributed by atoms with Crippen molar-refractivity contribution in [3.8, 4) is 22.6 Å². The lowest BCUT2D eigenvalue weighted by molar-refractivity contribution is -0.786. The first-order valence-electron chi connectivity index (χ1n) is 9.10. The topological polar surface area (TPSA) is 69.1 Å². The lowest BCUT2D eigenvalue weighted by atomic mass is 10.1. The number of rotatable bonds is 7. The molecule has 0 aliphatic carbocycles. The molecule has 0 aliphatic rings. The minimum atomic E-state index is -3.72. The number of methoxy groups -OCH3 is 2. The normalized spacial score (nSPS) is 11.0. The van der Waals surface area contributed by atoms with Crippen LogP contribution in [0.5, 0.6) is 11.5 Å². The Morgan fingerprint density at radius 2 is 1.43 bits per heavy atom. The van der Waals surface area contributed by atoms with Crippen molar-refractivity contribution in [2.24, 2.45) is 0 Å². The van der Waals surface area contributed by atoms with Gasteiger partial charge in [-0.1, -0.05) is 18.2 Å². The average molecular weight is 449 g/mol. The molecule has 2 N–H and O–H groups in total. The molecule has 30 heavy (non-hydrogen) atoms. The fourth-order valence-electron chi connectivity index (χ4n) is 2.94. The van der Waals surface area contributed by atoms with E-state index < -0.39 is 10.0 Å². The van der Waals surface area contributed by atoms with Crippen LogP contribution in [0.1, 0.15) is 0 Å². The van der Waals surface area contributed by atoms with Gasteiger partial charge in [0.1, 0.15) is 5.69 Å². The van der Waals surface area contributed by atoms with E-state index in [4.69, 9.17) is 9.47 Å². The second-order valence-corrected chi connectivity index (χ2v) is 8.46. The smallest absolute Gasteiger partial charge is 0.261 e. The van der Waals surface area contributed by atoms with Crippen molar-refractivity contribution < 1.29 is 35.2 Å². The van der Waals surface area contributed by atoms with Crippen LogP contribution in [0.25, 0.3) is 11.1 Å². The molecule has 0 aliphatic heterocycles.